The normalized spacial score (nSPS) is 10.8. The molecule has 1 heterocycles. The summed E-state index contributed by atoms with van der Waals surface area (Å²) in [6, 6.07) is 13.6. The quantitative estimate of drug-likeness (QED) is 0.816. The van der Waals surface area contributed by atoms with Crippen molar-refractivity contribution in [3.63, 3.8) is 0 Å². The van der Waals surface area contributed by atoms with Crippen molar-refractivity contribution in [1.82, 2.24) is 10.2 Å². The molecule has 4 nitrogen and oxygen atoms in total. The largest absolute Gasteiger partial charge is 0.350 e. The van der Waals surface area contributed by atoms with Crippen LogP contribution in [-0.4, -0.2) is 23.4 Å². The van der Waals surface area contributed by atoms with E-state index in [9.17, 15) is 4.79 Å². The molecule has 2 rings (SSSR count). The van der Waals surface area contributed by atoms with Crippen molar-refractivity contribution < 1.29 is 4.79 Å². The van der Waals surface area contributed by atoms with Gasteiger partial charge < -0.3 is 5.32 Å². The highest BCUT2D eigenvalue weighted by atomic mass is 35.5. The summed E-state index contributed by atoms with van der Waals surface area (Å²) < 4.78 is 0.726. The number of thiophene rings is 1. The van der Waals surface area contributed by atoms with Crippen LogP contribution < -0.4 is 5.32 Å². The molecule has 0 atom stereocenters. The van der Waals surface area contributed by atoms with Gasteiger partial charge in [-0.3, -0.25) is 9.69 Å². The Morgan fingerprint density at radius 3 is 2.54 bits per heavy atom. The van der Waals surface area contributed by atoms with E-state index >= 15 is 0 Å². The number of amides is 1. The fraction of sp³-hybridized carbons (Fsp3) is 0.333. The van der Waals surface area contributed by atoms with E-state index in [0.29, 0.717) is 25.2 Å². The Balaban J connectivity index is 1.89. The molecule has 0 radical (unpaired) electrons. The van der Waals surface area contributed by atoms with Crippen molar-refractivity contribution in [3.05, 3.63) is 56.7 Å². The van der Waals surface area contributed by atoms with Gasteiger partial charge in [0, 0.05) is 17.5 Å². The van der Waals surface area contributed by atoms with Gasteiger partial charge in [0.1, 0.15) is 0 Å². The minimum Gasteiger partial charge on any atom is -0.350 e. The number of halogens is 1. The van der Waals surface area contributed by atoms with Crippen molar-refractivity contribution in [3.8, 4) is 6.07 Å². The minimum atomic E-state index is -0.0122. The van der Waals surface area contributed by atoms with Crippen molar-refractivity contribution in [2.75, 3.05) is 6.54 Å². The first kappa shape index (κ1) is 18.5. The van der Waals surface area contributed by atoms with E-state index in [1.807, 2.05) is 24.3 Å². The van der Waals surface area contributed by atoms with Crippen LogP contribution in [0.5, 0.6) is 0 Å². The lowest BCUT2D eigenvalue weighted by Gasteiger charge is -2.25. The average molecular weight is 362 g/mol. The third-order valence-corrected chi connectivity index (χ3v) is 4.87. The number of hydrogen-bond donors (Lipinski definition) is 1. The SMILES string of the molecule is CC(C)N(CC(=O)NCc1ccc(Cl)s1)Cc1ccc(C#N)cc1. The molecule has 0 saturated heterocycles. The summed E-state index contributed by atoms with van der Waals surface area (Å²) >= 11 is 7.36. The minimum absolute atomic E-state index is 0.0122. The molecule has 0 bridgehead atoms. The predicted molar refractivity (Wildman–Crippen MR) is 97.9 cm³/mol. The molecule has 0 aliphatic carbocycles. The molecule has 1 aromatic heterocycles. The smallest absolute Gasteiger partial charge is 0.234 e. The highest BCUT2D eigenvalue weighted by molar-refractivity contribution is 7.16. The maximum Gasteiger partial charge on any atom is 0.234 e. The zero-order chi connectivity index (χ0) is 17.5. The van der Waals surface area contributed by atoms with Crippen LogP contribution in [-0.2, 0) is 17.9 Å². The van der Waals surface area contributed by atoms with Crippen molar-refractivity contribution in [2.24, 2.45) is 0 Å². The molecule has 0 aliphatic heterocycles. The molecule has 6 heteroatoms. The van der Waals surface area contributed by atoms with Gasteiger partial charge in [0.15, 0.2) is 0 Å². The number of benzene rings is 1. The molecule has 0 unspecified atom stereocenters. The highest BCUT2D eigenvalue weighted by Crippen LogP contribution is 2.21. The Bertz CT molecular complexity index is 719. The van der Waals surface area contributed by atoms with Crippen LogP contribution in [0, 0.1) is 11.3 Å². The number of rotatable bonds is 7. The Hall–Kier alpha value is -1.87. The van der Waals surface area contributed by atoms with Crippen LogP contribution in [0.3, 0.4) is 0 Å². The first-order valence-corrected chi connectivity index (χ1v) is 8.91. The lowest BCUT2D eigenvalue weighted by atomic mass is 10.1. The number of nitrogens with one attached hydrogen (secondary N) is 1. The first-order chi connectivity index (χ1) is 11.5. The fourth-order valence-electron chi connectivity index (χ4n) is 2.21. The van der Waals surface area contributed by atoms with Crippen molar-refractivity contribution in [2.45, 2.75) is 33.0 Å². The monoisotopic (exact) mass is 361 g/mol. The molecule has 2 aromatic rings. The molecule has 0 fully saturated rings. The Morgan fingerprint density at radius 1 is 1.29 bits per heavy atom. The second-order valence-electron chi connectivity index (χ2n) is 5.79. The Kier molecular flexibility index (Phi) is 6.80. The average Bonchev–Trinajstić information content (AvgIpc) is 2.98. The molecular weight excluding hydrogens is 342 g/mol. The van der Waals surface area contributed by atoms with E-state index in [1.165, 1.54) is 11.3 Å². The lowest BCUT2D eigenvalue weighted by molar-refractivity contribution is -0.123. The summed E-state index contributed by atoms with van der Waals surface area (Å²) in [6.45, 7) is 5.63. The second kappa shape index (κ2) is 8.84. The Morgan fingerprint density at radius 2 is 2.00 bits per heavy atom. The molecule has 1 aromatic carbocycles. The maximum absolute atomic E-state index is 12.2. The molecule has 0 aliphatic rings. The van der Waals surface area contributed by atoms with E-state index < -0.39 is 0 Å². The summed E-state index contributed by atoms with van der Waals surface area (Å²) in [5.74, 6) is -0.0122. The van der Waals surface area contributed by atoms with Gasteiger partial charge >= 0.3 is 0 Å². The van der Waals surface area contributed by atoms with Gasteiger partial charge in [0.05, 0.1) is 29.1 Å². The molecule has 24 heavy (non-hydrogen) atoms. The number of carbonyl (C=O) groups is 1. The predicted octanol–water partition coefficient (Wildman–Crippen LogP) is 3.80. The van der Waals surface area contributed by atoms with E-state index in [0.717, 1.165) is 14.8 Å². The molecule has 1 N–H and O–H groups in total. The number of nitriles is 1. The number of carbonyl (C=O) groups excluding carboxylic acids is 1. The van der Waals surface area contributed by atoms with Crippen molar-refractivity contribution >= 4 is 28.8 Å². The third kappa shape index (κ3) is 5.64. The van der Waals surface area contributed by atoms with Gasteiger partial charge in [0.2, 0.25) is 5.91 Å². The highest BCUT2D eigenvalue weighted by Gasteiger charge is 2.14. The van der Waals surface area contributed by atoms with Gasteiger partial charge in [-0.2, -0.15) is 5.26 Å². The van der Waals surface area contributed by atoms with Gasteiger partial charge in [-0.1, -0.05) is 23.7 Å². The third-order valence-electron chi connectivity index (χ3n) is 3.63. The summed E-state index contributed by atoms with van der Waals surface area (Å²) in [5.41, 5.74) is 1.72. The first-order valence-electron chi connectivity index (χ1n) is 7.72. The van der Waals surface area contributed by atoms with Crippen LogP contribution in [0.4, 0.5) is 0 Å². The molecule has 0 saturated carbocycles. The van der Waals surface area contributed by atoms with Gasteiger partial charge in [-0.25, -0.2) is 0 Å². The van der Waals surface area contributed by atoms with Crippen LogP contribution in [0.15, 0.2) is 36.4 Å². The zero-order valence-electron chi connectivity index (χ0n) is 13.8. The van der Waals surface area contributed by atoms with Crippen LogP contribution in [0.1, 0.15) is 29.9 Å². The number of nitrogens with zero attached hydrogens (tertiary/aromatic N) is 2. The Labute approximate surface area is 151 Å². The zero-order valence-corrected chi connectivity index (χ0v) is 15.3. The van der Waals surface area contributed by atoms with Crippen molar-refractivity contribution in [1.29, 1.82) is 5.26 Å². The second-order valence-corrected chi connectivity index (χ2v) is 7.59. The summed E-state index contributed by atoms with van der Waals surface area (Å²) in [6.07, 6.45) is 0. The van der Waals surface area contributed by atoms with E-state index in [2.05, 4.69) is 30.1 Å². The lowest BCUT2D eigenvalue weighted by Crippen LogP contribution is -2.40. The molecule has 1 amide bonds. The topological polar surface area (TPSA) is 56.1 Å². The fourth-order valence-corrected chi connectivity index (χ4v) is 3.24. The van der Waals surface area contributed by atoms with E-state index in [1.54, 1.807) is 12.1 Å². The van der Waals surface area contributed by atoms with Gasteiger partial charge in [0.25, 0.3) is 0 Å². The van der Waals surface area contributed by atoms with Gasteiger partial charge in [-0.05, 0) is 43.7 Å². The summed E-state index contributed by atoms with van der Waals surface area (Å²) in [7, 11) is 0. The molecule has 0 spiro atoms. The van der Waals surface area contributed by atoms with Crippen LogP contribution >= 0.6 is 22.9 Å². The maximum atomic E-state index is 12.2. The summed E-state index contributed by atoms with van der Waals surface area (Å²) in [5, 5.41) is 11.8. The standard InChI is InChI=1S/C18H20ClN3OS/c1-13(2)22(11-15-5-3-14(9-20)4-6-15)12-18(23)21-10-16-7-8-17(19)24-16/h3-8,13H,10-12H2,1-2H3,(H,21,23). The summed E-state index contributed by atoms with van der Waals surface area (Å²) in [4.78, 5) is 15.3. The van der Waals surface area contributed by atoms with Crippen LogP contribution in [0.25, 0.3) is 0 Å². The van der Waals surface area contributed by atoms with E-state index in [-0.39, 0.29) is 11.9 Å². The van der Waals surface area contributed by atoms with E-state index in [4.69, 9.17) is 16.9 Å². The van der Waals surface area contributed by atoms with Crippen LogP contribution in [0.2, 0.25) is 4.34 Å². The van der Waals surface area contributed by atoms with Gasteiger partial charge in [-0.15, -0.1) is 11.3 Å². The molecule has 126 valence electrons. The molecular formula is C18H20ClN3OS. The number of hydrogen-bond acceptors (Lipinski definition) is 4.